The molecule has 0 atom stereocenters. The molecule has 108 valence electrons. The fraction of sp³-hybridized carbons (Fsp3) is 0.133. The molecule has 0 fully saturated rings. The molecule has 0 saturated carbocycles. The second-order valence-electron chi connectivity index (χ2n) is 4.41. The van der Waals surface area contributed by atoms with Crippen LogP contribution in [-0.2, 0) is 4.79 Å². The SMILES string of the molecule is CC(=O)Nc1ccccc1Oc1cc(C)ncc1C(=O)O. The minimum absolute atomic E-state index is 0.0433. The maximum absolute atomic E-state index is 11.2. The number of para-hydroxylation sites is 2. The number of anilines is 1. The summed E-state index contributed by atoms with van der Waals surface area (Å²) in [6.07, 6.45) is 1.24. The number of ether oxygens (including phenoxy) is 1. The number of aromatic carboxylic acids is 1. The highest BCUT2D eigenvalue weighted by atomic mass is 16.5. The lowest BCUT2D eigenvalue weighted by molar-refractivity contribution is -0.114. The first-order valence-corrected chi connectivity index (χ1v) is 6.22. The van der Waals surface area contributed by atoms with Crippen molar-refractivity contribution in [2.24, 2.45) is 0 Å². The molecule has 0 aliphatic heterocycles. The zero-order valence-electron chi connectivity index (χ0n) is 11.6. The number of nitrogens with one attached hydrogen (secondary N) is 1. The number of pyridine rings is 1. The van der Waals surface area contributed by atoms with E-state index >= 15 is 0 Å². The lowest BCUT2D eigenvalue weighted by Crippen LogP contribution is -2.07. The summed E-state index contributed by atoms with van der Waals surface area (Å²) in [5.74, 6) is -0.835. The molecule has 0 aliphatic carbocycles. The van der Waals surface area contributed by atoms with Crippen molar-refractivity contribution in [2.45, 2.75) is 13.8 Å². The summed E-state index contributed by atoms with van der Waals surface area (Å²) < 4.78 is 5.65. The summed E-state index contributed by atoms with van der Waals surface area (Å²) in [6, 6.07) is 8.33. The van der Waals surface area contributed by atoms with E-state index in [9.17, 15) is 9.59 Å². The second-order valence-corrected chi connectivity index (χ2v) is 4.41. The van der Waals surface area contributed by atoms with E-state index in [2.05, 4.69) is 10.3 Å². The Morgan fingerprint density at radius 1 is 1.24 bits per heavy atom. The highest BCUT2D eigenvalue weighted by Gasteiger charge is 2.14. The second kappa shape index (κ2) is 6.04. The van der Waals surface area contributed by atoms with Crippen molar-refractivity contribution in [3.63, 3.8) is 0 Å². The number of hydrogen-bond acceptors (Lipinski definition) is 4. The van der Waals surface area contributed by atoms with E-state index in [1.165, 1.54) is 19.2 Å². The Kier molecular flexibility index (Phi) is 4.18. The molecule has 1 aromatic heterocycles. The summed E-state index contributed by atoms with van der Waals surface area (Å²) in [5, 5.41) is 11.8. The van der Waals surface area contributed by atoms with E-state index in [1.807, 2.05) is 0 Å². The van der Waals surface area contributed by atoms with Gasteiger partial charge in [-0.25, -0.2) is 4.79 Å². The third kappa shape index (κ3) is 3.56. The molecule has 0 aliphatic rings. The molecule has 1 heterocycles. The third-order valence-electron chi connectivity index (χ3n) is 2.65. The summed E-state index contributed by atoms with van der Waals surface area (Å²) >= 11 is 0. The molecule has 0 spiro atoms. The van der Waals surface area contributed by atoms with Gasteiger partial charge in [0.05, 0.1) is 5.69 Å². The average molecular weight is 286 g/mol. The molecule has 21 heavy (non-hydrogen) atoms. The van der Waals surface area contributed by atoms with E-state index in [0.717, 1.165) is 0 Å². The van der Waals surface area contributed by atoms with E-state index < -0.39 is 5.97 Å². The van der Waals surface area contributed by atoms with Crippen molar-refractivity contribution in [1.29, 1.82) is 0 Å². The minimum atomic E-state index is -1.13. The van der Waals surface area contributed by atoms with Crippen LogP contribution in [0.2, 0.25) is 0 Å². The maximum Gasteiger partial charge on any atom is 0.341 e. The molecular weight excluding hydrogens is 272 g/mol. The molecule has 0 radical (unpaired) electrons. The molecule has 1 amide bonds. The quantitative estimate of drug-likeness (QED) is 0.902. The van der Waals surface area contributed by atoms with Gasteiger partial charge in [-0.3, -0.25) is 9.78 Å². The summed E-state index contributed by atoms with van der Waals surface area (Å²) in [5.41, 5.74) is 1.06. The number of carboxylic acids is 1. The van der Waals surface area contributed by atoms with Gasteiger partial charge < -0.3 is 15.2 Å². The average Bonchev–Trinajstić information content (AvgIpc) is 2.40. The van der Waals surface area contributed by atoms with Crippen molar-refractivity contribution >= 4 is 17.6 Å². The third-order valence-corrected chi connectivity index (χ3v) is 2.65. The van der Waals surface area contributed by atoms with E-state index in [-0.39, 0.29) is 17.2 Å². The van der Waals surface area contributed by atoms with E-state index in [1.54, 1.807) is 31.2 Å². The van der Waals surface area contributed by atoms with Crippen LogP contribution in [0.4, 0.5) is 5.69 Å². The minimum Gasteiger partial charge on any atom is -0.477 e. The number of aryl methyl sites for hydroxylation is 1. The molecular formula is C15H14N2O4. The van der Waals surface area contributed by atoms with Crippen LogP contribution >= 0.6 is 0 Å². The molecule has 2 aromatic rings. The lowest BCUT2D eigenvalue weighted by atomic mass is 10.2. The first-order valence-electron chi connectivity index (χ1n) is 6.22. The Morgan fingerprint density at radius 2 is 1.95 bits per heavy atom. The van der Waals surface area contributed by atoms with Crippen LogP contribution in [0.25, 0.3) is 0 Å². The smallest absolute Gasteiger partial charge is 0.341 e. The van der Waals surface area contributed by atoms with Crippen molar-refractivity contribution in [3.05, 3.63) is 47.8 Å². The normalized spacial score (nSPS) is 10.0. The van der Waals surface area contributed by atoms with Gasteiger partial charge in [0, 0.05) is 24.9 Å². The van der Waals surface area contributed by atoms with Crippen molar-refractivity contribution in [1.82, 2.24) is 4.98 Å². The predicted octanol–water partition coefficient (Wildman–Crippen LogP) is 2.84. The molecule has 0 saturated heterocycles. The maximum atomic E-state index is 11.2. The van der Waals surface area contributed by atoms with Gasteiger partial charge >= 0.3 is 5.97 Å². The molecule has 0 unspecified atom stereocenters. The summed E-state index contributed by atoms with van der Waals surface area (Å²) in [7, 11) is 0. The Hall–Kier alpha value is -2.89. The monoisotopic (exact) mass is 286 g/mol. The molecule has 6 heteroatoms. The highest BCUT2D eigenvalue weighted by molar-refractivity contribution is 5.92. The van der Waals surface area contributed by atoms with Crippen LogP contribution in [-0.4, -0.2) is 22.0 Å². The molecule has 0 bridgehead atoms. The summed E-state index contributed by atoms with van der Waals surface area (Å²) in [6.45, 7) is 3.12. The number of carbonyl (C=O) groups excluding carboxylic acids is 1. The lowest BCUT2D eigenvalue weighted by Gasteiger charge is -2.13. The largest absolute Gasteiger partial charge is 0.477 e. The fourth-order valence-corrected chi connectivity index (χ4v) is 1.75. The van der Waals surface area contributed by atoms with Gasteiger partial charge in [0.25, 0.3) is 0 Å². The van der Waals surface area contributed by atoms with Gasteiger partial charge in [0.1, 0.15) is 11.3 Å². The first-order chi connectivity index (χ1) is 9.97. The Labute approximate surface area is 121 Å². The van der Waals surface area contributed by atoms with Crippen LogP contribution in [0.3, 0.4) is 0 Å². The number of rotatable bonds is 4. The van der Waals surface area contributed by atoms with E-state index in [0.29, 0.717) is 17.1 Å². The standard InChI is InChI=1S/C15H14N2O4/c1-9-7-14(11(8-16-9)15(19)20)21-13-6-4-3-5-12(13)17-10(2)18/h3-8H,1-2H3,(H,17,18)(H,19,20). The van der Waals surface area contributed by atoms with Crippen LogP contribution in [0.15, 0.2) is 36.5 Å². The summed E-state index contributed by atoms with van der Waals surface area (Å²) in [4.78, 5) is 26.3. The topological polar surface area (TPSA) is 88.5 Å². The first kappa shape index (κ1) is 14.5. The molecule has 1 aromatic carbocycles. The predicted molar refractivity (Wildman–Crippen MR) is 76.8 cm³/mol. The number of aromatic nitrogens is 1. The zero-order chi connectivity index (χ0) is 15.4. The Morgan fingerprint density at radius 3 is 2.62 bits per heavy atom. The number of nitrogens with zero attached hydrogens (tertiary/aromatic N) is 1. The van der Waals surface area contributed by atoms with Gasteiger partial charge in [0.15, 0.2) is 5.75 Å². The van der Waals surface area contributed by atoms with Gasteiger partial charge in [-0.05, 0) is 19.1 Å². The molecule has 2 rings (SSSR count). The molecule has 2 N–H and O–H groups in total. The van der Waals surface area contributed by atoms with Gasteiger partial charge in [-0.2, -0.15) is 0 Å². The van der Waals surface area contributed by atoms with Gasteiger partial charge in [0.2, 0.25) is 5.91 Å². The van der Waals surface area contributed by atoms with Crippen LogP contribution in [0, 0.1) is 6.92 Å². The van der Waals surface area contributed by atoms with E-state index in [4.69, 9.17) is 9.84 Å². The van der Waals surface area contributed by atoms with Gasteiger partial charge in [-0.1, -0.05) is 12.1 Å². The van der Waals surface area contributed by atoms with Crippen molar-refractivity contribution in [3.8, 4) is 11.5 Å². The number of benzene rings is 1. The molecule has 6 nitrogen and oxygen atoms in total. The van der Waals surface area contributed by atoms with Gasteiger partial charge in [-0.15, -0.1) is 0 Å². The Bertz CT molecular complexity index is 698. The number of hydrogen-bond donors (Lipinski definition) is 2. The van der Waals surface area contributed by atoms with Crippen LogP contribution in [0.5, 0.6) is 11.5 Å². The zero-order valence-corrected chi connectivity index (χ0v) is 11.6. The number of carboxylic acid groups (broad SMARTS) is 1. The highest BCUT2D eigenvalue weighted by Crippen LogP contribution is 2.31. The Balaban J connectivity index is 2.40. The van der Waals surface area contributed by atoms with Crippen molar-refractivity contribution < 1.29 is 19.4 Å². The fourth-order valence-electron chi connectivity index (χ4n) is 1.75. The van der Waals surface area contributed by atoms with Crippen LogP contribution < -0.4 is 10.1 Å². The van der Waals surface area contributed by atoms with Crippen LogP contribution in [0.1, 0.15) is 23.0 Å². The number of carbonyl (C=O) groups is 2. The number of amides is 1. The van der Waals surface area contributed by atoms with Crippen molar-refractivity contribution in [2.75, 3.05) is 5.32 Å².